The number of benzene rings is 1. The highest BCUT2D eigenvalue weighted by molar-refractivity contribution is 6.30. The van der Waals surface area contributed by atoms with Crippen molar-refractivity contribution in [2.45, 2.75) is 13.3 Å². The lowest BCUT2D eigenvalue weighted by Gasteiger charge is -2.22. The maximum absolute atomic E-state index is 12.4. The first-order chi connectivity index (χ1) is 11.6. The maximum atomic E-state index is 12.4. The third-order valence-electron chi connectivity index (χ3n) is 3.02. The summed E-state index contributed by atoms with van der Waals surface area (Å²) in [6.45, 7) is 2.91. The largest absolute Gasteiger partial charge is 0.466 e. The highest BCUT2D eigenvalue weighted by Gasteiger charge is 2.15. The third kappa shape index (κ3) is 8.14. The summed E-state index contributed by atoms with van der Waals surface area (Å²) in [6.07, 6.45) is 0.0991. The molecule has 8 heteroatoms. The van der Waals surface area contributed by atoms with E-state index in [2.05, 4.69) is 5.32 Å². The topological polar surface area (TPSA) is 88.1 Å². The van der Waals surface area contributed by atoms with Crippen molar-refractivity contribution in [2.24, 2.45) is 0 Å². The molecule has 1 rings (SSSR count). The Hall–Kier alpha value is -1.83. The van der Waals surface area contributed by atoms with Crippen LogP contribution in [0, 0.1) is 0 Å². The fourth-order valence-electron chi connectivity index (χ4n) is 1.85. The zero-order chi connectivity index (χ0) is 17.8. The Balaban J connectivity index is 2.58. The van der Waals surface area contributed by atoms with Gasteiger partial charge >= 0.3 is 12.0 Å². The summed E-state index contributed by atoms with van der Waals surface area (Å²) in [5.74, 6) is -0.363. The molecule has 0 bridgehead atoms. The summed E-state index contributed by atoms with van der Waals surface area (Å²) in [5, 5.41) is 12.0. The summed E-state index contributed by atoms with van der Waals surface area (Å²) in [6, 6.07) is 6.36. The molecule has 0 aliphatic heterocycles. The van der Waals surface area contributed by atoms with Crippen LogP contribution in [-0.2, 0) is 14.3 Å². The molecule has 0 unspecified atom stereocenters. The number of anilines is 1. The Labute approximate surface area is 146 Å². The van der Waals surface area contributed by atoms with E-state index in [1.807, 2.05) is 0 Å². The number of hydrogen-bond donors (Lipinski definition) is 2. The van der Waals surface area contributed by atoms with Gasteiger partial charge in [0.15, 0.2) is 0 Å². The molecule has 1 aromatic carbocycles. The van der Waals surface area contributed by atoms with Crippen LogP contribution < -0.4 is 5.32 Å². The van der Waals surface area contributed by atoms with Gasteiger partial charge in [-0.05, 0) is 31.2 Å². The molecule has 0 fully saturated rings. The molecule has 0 aromatic heterocycles. The zero-order valence-corrected chi connectivity index (χ0v) is 14.4. The minimum absolute atomic E-state index is 0.0835. The summed E-state index contributed by atoms with van der Waals surface area (Å²) < 4.78 is 10.0. The molecule has 2 N–H and O–H groups in total. The first kappa shape index (κ1) is 20.2. The molecule has 0 heterocycles. The van der Waals surface area contributed by atoms with Crippen LogP contribution >= 0.6 is 11.6 Å². The number of aliphatic hydroxyl groups excluding tert-OH is 1. The van der Waals surface area contributed by atoms with Crippen molar-refractivity contribution in [3.8, 4) is 0 Å². The molecule has 134 valence electrons. The van der Waals surface area contributed by atoms with Crippen LogP contribution in [0.25, 0.3) is 0 Å². The molecule has 0 aliphatic carbocycles. The molecule has 1 aromatic rings. The summed E-state index contributed by atoms with van der Waals surface area (Å²) in [4.78, 5) is 25.3. The van der Waals surface area contributed by atoms with Gasteiger partial charge in [0.2, 0.25) is 0 Å². The fourth-order valence-corrected chi connectivity index (χ4v) is 1.98. The van der Waals surface area contributed by atoms with Gasteiger partial charge in [0.05, 0.1) is 32.8 Å². The van der Waals surface area contributed by atoms with Crippen LogP contribution in [0.3, 0.4) is 0 Å². The van der Waals surface area contributed by atoms with Crippen molar-refractivity contribution in [2.75, 3.05) is 44.8 Å². The molecular weight excluding hydrogens is 336 g/mol. The average molecular weight is 359 g/mol. The highest BCUT2D eigenvalue weighted by Crippen LogP contribution is 2.14. The lowest BCUT2D eigenvalue weighted by molar-refractivity contribution is -0.143. The molecule has 0 radical (unpaired) electrons. The smallest absolute Gasteiger partial charge is 0.321 e. The number of aliphatic hydroxyl groups is 1. The monoisotopic (exact) mass is 358 g/mol. The minimum Gasteiger partial charge on any atom is -0.466 e. The Bertz CT molecular complexity index is 510. The molecule has 7 nitrogen and oxygen atoms in total. The number of esters is 1. The Kier molecular flexibility index (Phi) is 9.83. The fraction of sp³-hybridized carbons (Fsp3) is 0.500. The van der Waals surface area contributed by atoms with Crippen molar-refractivity contribution in [3.05, 3.63) is 29.3 Å². The van der Waals surface area contributed by atoms with Gasteiger partial charge in [-0.15, -0.1) is 0 Å². The molecule has 0 atom stereocenters. The second kappa shape index (κ2) is 11.7. The second-order valence-electron chi connectivity index (χ2n) is 4.82. The summed E-state index contributed by atoms with van der Waals surface area (Å²) in [7, 11) is 0. The van der Waals surface area contributed by atoms with E-state index in [1.54, 1.807) is 31.2 Å². The molecule has 2 amide bonds. The van der Waals surface area contributed by atoms with Crippen molar-refractivity contribution < 1.29 is 24.2 Å². The number of amides is 2. The first-order valence-electron chi connectivity index (χ1n) is 7.72. The Morgan fingerprint density at radius 3 is 2.54 bits per heavy atom. The third-order valence-corrected chi connectivity index (χ3v) is 3.27. The zero-order valence-electron chi connectivity index (χ0n) is 13.7. The van der Waals surface area contributed by atoms with E-state index in [0.717, 1.165) is 0 Å². The number of carbonyl (C=O) groups is 2. The molecule has 0 saturated carbocycles. The van der Waals surface area contributed by atoms with Crippen molar-refractivity contribution in [3.63, 3.8) is 0 Å². The van der Waals surface area contributed by atoms with Gasteiger partial charge in [-0.3, -0.25) is 4.79 Å². The van der Waals surface area contributed by atoms with Gasteiger partial charge < -0.3 is 24.8 Å². The average Bonchev–Trinajstić information content (AvgIpc) is 2.56. The van der Waals surface area contributed by atoms with Gasteiger partial charge in [0.1, 0.15) is 0 Å². The summed E-state index contributed by atoms with van der Waals surface area (Å²) in [5.41, 5.74) is 0.599. The van der Waals surface area contributed by atoms with Gasteiger partial charge in [0, 0.05) is 23.8 Å². The number of ether oxygens (including phenoxy) is 2. The predicted octanol–water partition coefficient (Wildman–Crippen LogP) is 2.14. The molecule has 0 spiro atoms. The first-order valence-corrected chi connectivity index (χ1v) is 8.10. The second-order valence-corrected chi connectivity index (χ2v) is 5.25. The van der Waals surface area contributed by atoms with E-state index < -0.39 is 0 Å². The predicted molar refractivity (Wildman–Crippen MR) is 91.2 cm³/mol. The lowest BCUT2D eigenvalue weighted by atomic mass is 10.3. The SMILES string of the molecule is CCOC(=O)CCN(CCOCCO)C(=O)Nc1ccc(Cl)cc1. The number of halogens is 1. The van der Waals surface area contributed by atoms with E-state index in [4.69, 9.17) is 26.2 Å². The van der Waals surface area contributed by atoms with Crippen molar-refractivity contribution in [1.29, 1.82) is 0 Å². The van der Waals surface area contributed by atoms with E-state index in [9.17, 15) is 9.59 Å². The molecular formula is C16H23ClN2O5. The normalized spacial score (nSPS) is 10.3. The number of hydrogen-bond acceptors (Lipinski definition) is 5. The number of nitrogens with one attached hydrogen (secondary N) is 1. The van der Waals surface area contributed by atoms with E-state index >= 15 is 0 Å². The van der Waals surface area contributed by atoms with Crippen LogP contribution in [0.2, 0.25) is 5.02 Å². The van der Waals surface area contributed by atoms with Crippen LogP contribution in [0.15, 0.2) is 24.3 Å². The van der Waals surface area contributed by atoms with Crippen molar-refractivity contribution in [1.82, 2.24) is 4.90 Å². The Morgan fingerprint density at radius 2 is 1.92 bits per heavy atom. The number of nitrogens with zero attached hydrogens (tertiary/aromatic N) is 1. The van der Waals surface area contributed by atoms with E-state index in [-0.39, 0.29) is 44.8 Å². The van der Waals surface area contributed by atoms with E-state index in [1.165, 1.54) is 4.90 Å². The van der Waals surface area contributed by atoms with Gasteiger partial charge in [-0.25, -0.2) is 4.79 Å². The standard InChI is InChI=1S/C16H23ClN2O5/c1-2-24-15(21)7-8-19(9-11-23-12-10-20)16(22)18-14-5-3-13(17)4-6-14/h3-6,20H,2,7-12H2,1H3,(H,18,22). The van der Waals surface area contributed by atoms with Crippen LogP contribution in [0.5, 0.6) is 0 Å². The molecule has 24 heavy (non-hydrogen) atoms. The van der Waals surface area contributed by atoms with Crippen LogP contribution in [0.1, 0.15) is 13.3 Å². The number of urea groups is 1. The summed E-state index contributed by atoms with van der Waals surface area (Å²) >= 11 is 5.81. The van der Waals surface area contributed by atoms with Crippen molar-refractivity contribution >= 4 is 29.3 Å². The number of rotatable bonds is 10. The highest BCUT2D eigenvalue weighted by atomic mass is 35.5. The van der Waals surface area contributed by atoms with Gasteiger partial charge in [-0.1, -0.05) is 11.6 Å². The quantitative estimate of drug-likeness (QED) is 0.494. The van der Waals surface area contributed by atoms with Crippen LogP contribution in [0.4, 0.5) is 10.5 Å². The van der Waals surface area contributed by atoms with Crippen LogP contribution in [-0.4, -0.2) is 61.5 Å². The minimum atomic E-state index is -0.363. The maximum Gasteiger partial charge on any atom is 0.321 e. The van der Waals surface area contributed by atoms with E-state index in [0.29, 0.717) is 23.9 Å². The Morgan fingerprint density at radius 1 is 1.21 bits per heavy atom. The molecule has 0 aliphatic rings. The van der Waals surface area contributed by atoms with Gasteiger partial charge in [-0.2, -0.15) is 0 Å². The molecule has 0 saturated heterocycles. The lowest BCUT2D eigenvalue weighted by Crippen LogP contribution is -2.39. The van der Waals surface area contributed by atoms with Gasteiger partial charge in [0.25, 0.3) is 0 Å². The number of carbonyl (C=O) groups excluding carboxylic acids is 2.